The van der Waals surface area contributed by atoms with Crippen molar-refractivity contribution in [3.8, 4) is 0 Å². The van der Waals surface area contributed by atoms with Crippen LogP contribution in [-0.2, 0) is 9.59 Å². The minimum absolute atomic E-state index is 0.0101. The molecule has 1 aromatic carbocycles. The van der Waals surface area contributed by atoms with Gasteiger partial charge in [0.1, 0.15) is 0 Å². The highest BCUT2D eigenvalue weighted by molar-refractivity contribution is 5.79. The Balaban J connectivity index is 2.77. The maximum Gasteiger partial charge on any atom is 0.224 e. The van der Waals surface area contributed by atoms with E-state index in [1.54, 1.807) is 11.9 Å². The molecule has 0 fully saturated rings. The van der Waals surface area contributed by atoms with Crippen molar-refractivity contribution in [2.24, 2.45) is 11.1 Å². The molecule has 22 heavy (non-hydrogen) atoms. The van der Waals surface area contributed by atoms with E-state index >= 15 is 0 Å². The molecule has 5 heteroatoms. The normalized spacial score (nSPS) is 12.6. The standard InChI is InChI=1S/C17H27N3O2/c1-13(21)19-15(14-8-6-5-7-9-14)10-16(22)20(4)12-17(2,3)11-18/h5-9,15H,10-12,18H2,1-4H3,(H,19,21). The summed E-state index contributed by atoms with van der Waals surface area (Å²) in [4.78, 5) is 25.5. The van der Waals surface area contributed by atoms with Gasteiger partial charge in [-0.25, -0.2) is 0 Å². The van der Waals surface area contributed by atoms with Gasteiger partial charge in [-0.2, -0.15) is 0 Å². The predicted octanol–water partition coefficient (Wildman–Crippen LogP) is 1.70. The highest BCUT2D eigenvalue weighted by Gasteiger charge is 2.24. The minimum Gasteiger partial charge on any atom is -0.349 e. The van der Waals surface area contributed by atoms with Crippen molar-refractivity contribution >= 4 is 11.8 Å². The van der Waals surface area contributed by atoms with E-state index in [-0.39, 0.29) is 29.7 Å². The van der Waals surface area contributed by atoms with Gasteiger partial charge in [-0.3, -0.25) is 9.59 Å². The number of nitrogens with two attached hydrogens (primary N) is 1. The first-order chi connectivity index (χ1) is 10.2. The fraction of sp³-hybridized carbons (Fsp3) is 0.529. The van der Waals surface area contributed by atoms with Gasteiger partial charge in [0.05, 0.1) is 12.5 Å². The molecular formula is C17H27N3O2. The Hall–Kier alpha value is -1.88. The summed E-state index contributed by atoms with van der Waals surface area (Å²) < 4.78 is 0. The zero-order valence-electron chi connectivity index (χ0n) is 13.9. The molecule has 0 saturated carbocycles. The average Bonchev–Trinajstić information content (AvgIpc) is 2.46. The van der Waals surface area contributed by atoms with Crippen LogP contribution in [0.1, 0.15) is 38.8 Å². The second-order valence-electron chi connectivity index (χ2n) is 6.49. The fourth-order valence-electron chi connectivity index (χ4n) is 2.31. The molecule has 1 aromatic rings. The van der Waals surface area contributed by atoms with Gasteiger partial charge in [0.15, 0.2) is 0 Å². The van der Waals surface area contributed by atoms with E-state index in [0.717, 1.165) is 5.56 Å². The number of carbonyl (C=O) groups is 2. The molecule has 0 heterocycles. The first-order valence-electron chi connectivity index (χ1n) is 7.51. The minimum atomic E-state index is -0.311. The van der Waals surface area contributed by atoms with Crippen LogP contribution in [0.4, 0.5) is 0 Å². The van der Waals surface area contributed by atoms with E-state index in [0.29, 0.717) is 13.1 Å². The van der Waals surface area contributed by atoms with E-state index in [1.807, 2.05) is 44.2 Å². The third-order valence-corrected chi connectivity index (χ3v) is 3.60. The Morgan fingerprint density at radius 2 is 1.86 bits per heavy atom. The van der Waals surface area contributed by atoms with Crippen LogP contribution in [0.25, 0.3) is 0 Å². The third-order valence-electron chi connectivity index (χ3n) is 3.60. The van der Waals surface area contributed by atoms with Gasteiger partial charge in [-0.1, -0.05) is 44.2 Å². The lowest BCUT2D eigenvalue weighted by Gasteiger charge is -2.30. The monoisotopic (exact) mass is 305 g/mol. The molecule has 0 bridgehead atoms. The van der Waals surface area contributed by atoms with Crippen LogP contribution in [0.5, 0.6) is 0 Å². The lowest BCUT2D eigenvalue weighted by atomic mass is 9.93. The van der Waals surface area contributed by atoms with Crippen molar-refractivity contribution in [3.05, 3.63) is 35.9 Å². The van der Waals surface area contributed by atoms with Crippen molar-refractivity contribution in [2.75, 3.05) is 20.1 Å². The molecule has 1 atom stereocenters. The average molecular weight is 305 g/mol. The van der Waals surface area contributed by atoms with Crippen LogP contribution in [0.2, 0.25) is 0 Å². The maximum atomic E-state index is 12.4. The molecule has 5 nitrogen and oxygen atoms in total. The first-order valence-corrected chi connectivity index (χ1v) is 7.51. The number of hydrogen-bond acceptors (Lipinski definition) is 3. The van der Waals surface area contributed by atoms with Gasteiger partial charge in [0.25, 0.3) is 0 Å². The van der Waals surface area contributed by atoms with Crippen molar-refractivity contribution < 1.29 is 9.59 Å². The summed E-state index contributed by atoms with van der Waals surface area (Å²) in [5.74, 6) is -0.157. The molecule has 122 valence electrons. The summed E-state index contributed by atoms with van der Waals surface area (Å²) in [6.07, 6.45) is 0.237. The van der Waals surface area contributed by atoms with E-state index in [9.17, 15) is 9.59 Å². The van der Waals surface area contributed by atoms with Crippen LogP contribution in [0.15, 0.2) is 30.3 Å². The highest BCUT2D eigenvalue weighted by Crippen LogP contribution is 2.20. The second kappa shape index (κ2) is 7.94. The highest BCUT2D eigenvalue weighted by atomic mass is 16.2. The summed E-state index contributed by atoms with van der Waals surface area (Å²) in [6, 6.07) is 9.22. The molecule has 1 rings (SSSR count). The molecule has 0 spiro atoms. The molecule has 0 aliphatic carbocycles. The largest absolute Gasteiger partial charge is 0.349 e. The number of rotatable bonds is 7. The van der Waals surface area contributed by atoms with Gasteiger partial charge >= 0.3 is 0 Å². The molecule has 1 unspecified atom stereocenters. The number of nitrogens with zero attached hydrogens (tertiary/aromatic N) is 1. The van der Waals surface area contributed by atoms with Crippen LogP contribution < -0.4 is 11.1 Å². The smallest absolute Gasteiger partial charge is 0.224 e. The Morgan fingerprint density at radius 3 is 2.36 bits per heavy atom. The molecular weight excluding hydrogens is 278 g/mol. The van der Waals surface area contributed by atoms with E-state index in [2.05, 4.69) is 5.32 Å². The number of benzene rings is 1. The Labute approximate surface area is 132 Å². The number of amides is 2. The second-order valence-corrected chi connectivity index (χ2v) is 6.49. The summed E-state index contributed by atoms with van der Waals surface area (Å²) in [5.41, 5.74) is 6.52. The Morgan fingerprint density at radius 1 is 1.27 bits per heavy atom. The van der Waals surface area contributed by atoms with Gasteiger partial charge < -0.3 is 16.0 Å². The van der Waals surface area contributed by atoms with E-state index in [1.165, 1.54) is 6.92 Å². The zero-order valence-corrected chi connectivity index (χ0v) is 13.9. The zero-order chi connectivity index (χ0) is 16.8. The summed E-state index contributed by atoms with van der Waals surface area (Å²) in [5, 5.41) is 2.85. The van der Waals surface area contributed by atoms with Crippen molar-refractivity contribution in [2.45, 2.75) is 33.2 Å². The molecule has 0 aliphatic heterocycles. The van der Waals surface area contributed by atoms with Crippen molar-refractivity contribution in [1.29, 1.82) is 0 Å². The lowest BCUT2D eigenvalue weighted by molar-refractivity contribution is -0.132. The fourth-order valence-corrected chi connectivity index (χ4v) is 2.31. The summed E-state index contributed by atoms with van der Waals surface area (Å²) >= 11 is 0. The molecule has 2 amide bonds. The maximum absolute atomic E-state index is 12.4. The van der Waals surface area contributed by atoms with Gasteiger partial charge in [-0.05, 0) is 17.5 Å². The molecule has 0 saturated heterocycles. The van der Waals surface area contributed by atoms with Gasteiger partial charge in [0.2, 0.25) is 11.8 Å². The molecule has 0 aliphatic rings. The van der Waals surface area contributed by atoms with E-state index in [4.69, 9.17) is 5.73 Å². The van der Waals surface area contributed by atoms with Crippen LogP contribution in [-0.4, -0.2) is 36.9 Å². The summed E-state index contributed by atoms with van der Waals surface area (Å²) in [6.45, 7) is 6.61. The molecule has 0 radical (unpaired) electrons. The number of nitrogens with one attached hydrogen (secondary N) is 1. The molecule has 3 N–H and O–H groups in total. The lowest BCUT2D eigenvalue weighted by Crippen LogP contribution is -2.41. The molecule has 0 aromatic heterocycles. The Kier molecular flexibility index (Phi) is 6.56. The van der Waals surface area contributed by atoms with Gasteiger partial charge in [0, 0.05) is 20.5 Å². The number of carbonyl (C=O) groups excluding carboxylic acids is 2. The predicted molar refractivity (Wildman–Crippen MR) is 88.1 cm³/mol. The first kappa shape index (κ1) is 18.2. The Bertz CT molecular complexity index is 500. The van der Waals surface area contributed by atoms with Crippen LogP contribution >= 0.6 is 0 Å². The summed E-state index contributed by atoms with van der Waals surface area (Å²) in [7, 11) is 1.77. The third kappa shape index (κ3) is 5.85. The van der Waals surface area contributed by atoms with Crippen LogP contribution in [0, 0.1) is 5.41 Å². The van der Waals surface area contributed by atoms with Crippen molar-refractivity contribution in [1.82, 2.24) is 10.2 Å². The SMILES string of the molecule is CC(=O)NC(CC(=O)N(C)CC(C)(C)CN)c1ccccc1. The van der Waals surface area contributed by atoms with Gasteiger partial charge in [-0.15, -0.1) is 0 Å². The van der Waals surface area contributed by atoms with Crippen LogP contribution in [0.3, 0.4) is 0 Å². The quantitative estimate of drug-likeness (QED) is 0.805. The topological polar surface area (TPSA) is 75.4 Å². The van der Waals surface area contributed by atoms with E-state index < -0.39 is 0 Å². The number of hydrogen-bond donors (Lipinski definition) is 2. The van der Waals surface area contributed by atoms with Crippen molar-refractivity contribution in [3.63, 3.8) is 0 Å².